The molecule has 4 aromatic carbocycles. The van der Waals surface area contributed by atoms with Gasteiger partial charge < -0.3 is 9.47 Å². The Hall–Kier alpha value is -3.66. The summed E-state index contributed by atoms with van der Waals surface area (Å²) in [6.07, 6.45) is 3.05. The first kappa shape index (κ1) is 14.5. The van der Waals surface area contributed by atoms with Gasteiger partial charge in [-0.1, -0.05) is 12.1 Å². The maximum absolute atomic E-state index is 12.2. The first-order valence-corrected chi connectivity index (χ1v) is 8.68. The topological polar surface area (TPSA) is 52.6 Å². The van der Waals surface area contributed by atoms with Crippen LogP contribution in [0, 0.1) is 0 Å². The molecule has 0 atom stereocenters. The van der Waals surface area contributed by atoms with E-state index in [1.807, 2.05) is 24.3 Å². The number of ether oxygens (including phenoxy) is 2. The highest BCUT2D eigenvalue weighted by molar-refractivity contribution is 6.50. The number of allylic oxidation sites excluding steroid dienone is 1. The monoisotopic (exact) mass is 352 g/mol. The van der Waals surface area contributed by atoms with Crippen LogP contribution < -0.4 is 9.47 Å². The van der Waals surface area contributed by atoms with Gasteiger partial charge in [0.1, 0.15) is 0 Å². The lowest BCUT2D eigenvalue weighted by Gasteiger charge is -2.12. The van der Waals surface area contributed by atoms with Gasteiger partial charge in [0.25, 0.3) is 0 Å². The van der Waals surface area contributed by atoms with E-state index < -0.39 is 11.6 Å². The molecule has 1 heterocycles. The minimum absolute atomic E-state index is 0.236. The van der Waals surface area contributed by atoms with Crippen molar-refractivity contribution in [1.82, 2.24) is 0 Å². The molecule has 1 aliphatic heterocycles. The fourth-order valence-electron chi connectivity index (χ4n) is 3.97. The Morgan fingerprint density at radius 3 is 2.33 bits per heavy atom. The summed E-state index contributed by atoms with van der Waals surface area (Å²) in [7, 11) is 0. The molecular formula is C23H12O4. The molecule has 2 aliphatic rings. The minimum atomic E-state index is -0.471. The van der Waals surface area contributed by atoms with Crippen molar-refractivity contribution in [3.8, 4) is 11.5 Å². The number of fused-ring (bicyclic) bond motifs is 6. The molecule has 0 saturated heterocycles. The molecule has 0 saturated carbocycles. The molecule has 4 nitrogen and oxygen atoms in total. The van der Waals surface area contributed by atoms with Crippen LogP contribution in [0.25, 0.3) is 38.4 Å². The zero-order valence-electron chi connectivity index (χ0n) is 14.1. The third kappa shape index (κ3) is 1.98. The maximum atomic E-state index is 12.2. The first-order chi connectivity index (χ1) is 13.2. The SMILES string of the molecule is O=C1C=Cc2cc3cc4cc5ccc6c(c5cc4cc3cc2C1=O)OCO6. The second kappa shape index (κ2) is 4.95. The van der Waals surface area contributed by atoms with E-state index in [1.165, 1.54) is 6.08 Å². The Morgan fingerprint density at radius 2 is 1.44 bits per heavy atom. The van der Waals surface area contributed by atoms with Crippen molar-refractivity contribution in [2.45, 2.75) is 0 Å². The van der Waals surface area contributed by atoms with Gasteiger partial charge >= 0.3 is 0 Å². The van der Waals surface area contributed by atoms with E-state index in [1.54, 1.807) is 6.08 Å². The van der Waals surface area contributed by atoms with E-state index in [9.17, 15) is 9.59 Å². The Morgan fingerprint density at radius 1 is 0.704 bits per heavy atom. The van der Waals surface area contributed by atoms with Crippen LogP contribution in [0.5, 0.6) is 11.5 Å². The molecule has 1 aliphatic carbocycles. The van der Waals surface area contributed by atoms with E-state index >= 15 is 0 Å². The second-order valence-electron chi connectivity index (χ2n) is 6.89. The second-order valence-corrected chi connectivity index (χ2v) is 6.89. The van der Waals surface area contributed by atoms with Crippen molar-refractivity contribution < 1.29 is 19.1 Å². The predicted molar refractivity (Wildman–Crippen MR) is 103 cm³/mol. The van der Waals surface area contributed by atoms with Gasteiger partial charge in [0.15, 0.2) is 11.5 Å². The van der Waals surface area contributed by atoms with Crippen molar-refractivity contribution in [3.05, 3.63) is 65.7 Å². The molecule has 0 radical (unpaired) electrons. The molecular weight excluding hydrogens is 340 g/mol. The molecule has 0 spiro atoms. The lowest BCUT2D eigenvalue weighted by molar-refractivity contribution is -0.110. The fraction of sp³-hybridized carbons (Fsp3) is 0.0435. The van der Waals surface area contributed by atoms with Crippen LogP contribution in [-0.2, 0) is 4.79 Å². The summed E-state index contributed by atoms with van der Waals surface area (Å²) in [4.78, 5) is 23.9. The van der Waals surface area contributed by atoms with E-state index in [0.717, 1.165) is 49.4 Å². The molecule has 0 N–H and O–H groups in total. The molecule has 0 aromatic heterocycles. The molecule has 6 rings (SSSR count). The van der Waals surface area contributed by atoms with E-state index in [0.29, 0.717) is 5.56 Å². The van der Waals surface area contributed by atoms with Crippen LogP contribution in [0.1, 0.15) is 15.9 Å². The minimum Gasteiger partial charge on any atom is -0.454 e. The molecule has 4 heteroatoms. The molecule has 27 heavy (non-hydrogen) atoms. The fourth-order valence-corrected chi connectivity index (χ4v) is 3.97. The highest BCUT2D eigenvalue weighted by Crippen LogP contribution is 2.41. The normalized spacial score (nSPS) is 15.1. The molecule has 0 unspecified atom stereocenters. The van der Waals surface area contributed by atoms with Crippen molar-refractivity contribution in [2.24, 2.45) is 0 Å². The Labute approximate surface area is 153 Å². The average molecular weight is 352 g/mol. The Balaban J connectivity index is 1.67. The number of carbonyl (C=O) groups is 2. The zero-order valence-corrected chi connectivity index (χ0v) is 14.1. The number of Topliss-reactive ketones (excluding diaryl/α,β-unsaturated/α-hetero) is 1. The van der Waals surface area contributed by atoms with Crippen LogP contribution in [0.3, 0.4) is 0 Å². The van der Waals surface area contributed by atoms with Crippen LogP contribution in [0.15, 0.2) is 54.6 Å². The summed E-state index contributed by atoms with van der Waals surface area (Å²) >= 11 is 0. The summed E-state index contributed by atoms with van der Waals surface area (Å²) in [5, 5.41) is 6.21. The third-order valence-electron chi connectivity index (χ3n) is 5.32. The number of ketones is 2. The van der Waals surface area contributed by atoms with Crippen molar-refractivity contribution in [1.29, 1.82) is 0 Å². The number of benzene rings is 4. The molecule has 4 aromatic rings. The van der Waals surface area contributed by atoms with Gasteiger partial charge in [0, 0.05) is 10.9 Å². The highest BCUT2D eigenvalue weighted by Gasteiger charge is 2.22. The standard InChI is InChI=1S/C23H12O4/c24-20-3-1-12-5-14-7-15-6-13-2-4-21-23(27-11-26-21)19(13)10-17(15)8-16(14)9-18(12)22(20)25/h1-10H,11H2. The van der Waals surface area contributed by atoms with Gasteiger partial charge in [-0.15, -0.1) is 0 Å². The highest BCUT2D eigenvalue weighted by atomic mass is 16.7. The lowest BCUT2D eigenvalue weighted by Crippen LogP contribution is -2.15. The summed E-state index contributed by atoms with van der Waals surface area (Å²) in [5.41, 5.74) is 1.25. The largest absolute Gasteiger partial charge is 0.454 e. The number of hydrogen-bond acceptors (Lipinski definition) is 4. The smallest absolute Gasteiger partial charge is 0.233 e. The molecule has 0 fully saturated rings. The summed E-state index contributed by atoms with van der Waals surface area (Å²) < 4.78 is 11.1. The number of rotatable bonds is 0. The van der Waals surface area contributed by atoms with Crippen molar-refractivity contribution in [2.75, 3.05) is 6.79 Å². The number of hydrogen-bond donors (Lipinski definition) is 0. The number of carbonyl (C=O) groups excluding carboxylic acids is 2. The first-order valence-electron chi connectivity index (χ1n) is 8.68. The van der Waals surface area contributed by atoms with Crippen molar-refractivity contribution in [3.63, 3.8) is 0 Å². The molecule has 0 amide bonds. The van der Waals surface area contributed by atoms with Crippen LogP contribution in [0.4, 0.5) is 0 Å². The third-order valence-corrected chi connectivity index (χ3v) is 5.32. The predicted octanol–water partition coefficient (Wildman–Crippen LogP) is 4.65. The molecule has 128 valence electrons. The van der Waals surface area contributed by atoms with Crippen LogP contribution in [-0.4, -0.2) is 18.4 Å². The van der Waals surface area contributed by atoms with Gasteiger partial charge in [-0.05, 0) is 81.0 Å². The van der Waals surface area contributed by atoms with Crippen molar-refractivity contribution >= 4 is 50.0 Å². The Bertz CT molecular complexity index is 1380. The van der Waals surface area contributed by atoms with Gasteiger partial charge in [-0.2, -0.15) is 0 Å². The maximum Gasteiger partial charge on any atom is 0.233 e. The molecule has 0 bridgehead atoms. The Kier molecular flexibility index (Phi) is 2.66. The van der Waals surface area contributed by atoms with E-state index in [4.69, 9.17) is 9.47 Å². The average Bonchev–Trinajstić information content (AvgIpc) is 3.16. The van der Waals surface area contributed by atoms with Crippen LogP contribution in [0.2, 0.25) is 0 Å². The summed E-state index contributed by atoms with van der Waals surface area (Å²) in [5.74, 6) is 0.608. The van der Waals surface area contributed by atoms with Crippen LogP contribution >= 0.6 is 0 Å². The van der Waals surface area contributed by atoms with E-state index in [-0.39, 0.29) is 6.79 Å². The zero-order chi connectivity index (χ0) is 18.1. The summed E-state index contributed by atoms with van der Waals surface area (Å²) in [6, 6.07) is 16.1. The quantitative estimate of drug-likeness (QED) is 0.341. The van der Waals surface area contributed by atoms with Gasteiger partial charge in [0.2, 0.25) is 18.4 Å². The van der Waals surface area contributed by atoms with E-state index in [2.05, 4.69) is 24.3 Å². The van der Waals surface area contributed by atoms with Gasteiger partial charge in [0.05, 0.1) is 0 Å². The summed E-state index contributed by atoms with van der Waals surface area (Å²) in [6.45, 7) is 0.236. The lowest BCUT2D eigenvalue weighted by atomic mass is 9.91. The van der Waals surface area contributed by atoms with Gasteiger partial charge in [-0.25, -0.2) is 0 Å². The van der Waals surface area contributed by atoms with Gasteiger partial charge in [-0.3, -0.25) is 9.59 Å².